The Labute approximate surface area is 531 Å². The number of rotatable bonds is 6. The maximum Gasteiger partial charge on any atom is 0.283 e. The lowest BCUT2D eigenvalue weighted by atomic mass is 9.80. The lowest BCUT2D eigenvalue weighted by Gasteiger charge is -2.45. The molecule has 3 spiro atoms. The summed E-state index contributed by atoms with van der Waals surface area (Å²) in [7, 11) is -8.97. The highest BCUT2D eigenvalue weighted by Crippen LogP contribution is 2.54. The smallest absolute Gasteiger partial charge is 0.283 e. The van der Waals surface area contributed by atoms with Crippen molar-refractivity contribution in [3.05, 3.63) is 121 Å². The standard InChI is InChI=1S/C21H23N3O3S2.2C21H23N3O2S3/c1-3-4-15-9-16(12-23-11-15)17-10-18(28-13-17)20(2)14-21(27-19(22)24-20)5-7-29(25,26)8-6-21;1-3-5-15-8-16(11-23-10-15)17-9-18(27-12-17)20(2)13-21(28-19(22)24-20)6-4-7-29(25,26)14-21;1-3-4-15-9-16(12-23-11-15)17-10-18(27-13-17)20(2)14-21(28-19(22)24-20)5-7-29(25,26)8-6-21/h9-13H,5-8,14H2,1-2H3,(H2,22,24);8-12H,4,6-7,13-14H2,1-2H3,(H2,22,24);9-13H,5-8,14H2,1-2H3,(H2,22,24). The van der Waals surface area contributed by atoms with Crippen LogP contribution in [0.5, 0.6) is 0 Å². The van der Waals surface area contributed by atoms with E-state index in [-0.39, 0.29) is 50.0 Å². The van der Waals surface area contributed by atoms with Gasteiger partial charge in [0.05, 0.1) is 45.6 Å². The summed E-state index contributed by atoms with van der Waals surface area (Å²) in [5.41, 5.74) is 25.3. The SMILES string of the molecule is CC#Cc1cncc(-c2csc(C3(C)CC4(CCCS(=O)(=O)C4)SC(N)=N3)c2)c1.CC#Cc1cncc(-c2csc(C3(C)CC4(CCS(=O)(=O)CC4)OC(N)=N3)c2)c1.CC#Cc1cncc(-c2csc(C3(C)CC4(CCS(=O)(=O)CC4)SC(N)=N3)c2)c1. The van der Waals surface area contributed by atoms with Crippen LogP contribution >= 0.6 is 57.5 Å². The number of thioether (sulfide) groups is 2. The normalized spacial score (nSPS) is 26.1. The zero-order valence-corrected chi connectivity index (χ0v) is 55.8. The number of nitrogens with zero attached hydrogens (tertiary/aromatic N) is 6. The van der Waals surface area contributed by atoms with Crippen LogP contribution in [0.4, 0.5) is 0 Å². The largest absolute Gasteiger partial charge is 0.459 e. The van der Waals surface area contributed by atoms with E-state index in [1.807, 2.05) is 50.6 Å². The van der Waals surface area contributed by atoms with Gasteiger partial charge in [-0.3, -0.25) is 24.9 Å². The summed E-state index contributed by atoms with van der Waals surface area (Å²) in [6.07, 6.45) is 16.5. The third kappa shape index (κ3) is 15.0. The van der Waals surface area contributed by atoms with Gasteiger partial charge in [0.1, 0.15) is 21.0 Å². The minimum Gasteiger partial charge on any atom is -0.459 e. The molecule has 4 unspecified atom stereocenters. The van der Waals surface area contributed by atoms with Crippen molar-refractivity contribution in [2.24, 2.45) is 32.2 Å². The van der Waals surface area contributed by atoms with Gasteiger partial charge in [-0.05, 0) is 149 Å². The molecular weight excluding hydrogens is 1250 g/mol. The van der Waals surface area contributed by atoms with Crippen molar-refractivity contribution in [1.82, 2.24) is 15.0 Å². The molecule has 24 heteroatoms. The first kappa shape index (κ1) is 64.0. The number of nitrogens with two attached hydrogens (primary N) is 3. The van der Waals surface area contributed by atoms with Gasteiger partial charge in [-0.25, -0.2) is 30.2 Å². The van der Waals surface area contributed by atoms with E-state index >= 15 is 0 Å². The molecule has 0 amide bonds. The Balaban J connectivity index is 0.000000144. The number of sulfone groups is 3. The average Bonchev–Trinajstić information content (AvgIpc) is 3.11. The van der Waals surface area contributed by atoms with E-state index in [0.717, 1.165) is 77.5 Å². The predicted molar refractivity (Wildman–Crippen MR) is 359 cm³/mol. The van der Waals surface area contributed by atoms with Gasteiger partial charge in [-0.2, -0.15) is 0 Å². The molecule has 0 radical (unpaired) electrons. The molecule has 6 aliphatic heterocycles. The zero-order chi connectivity index (χ0) is 62.1. The van der Waals surface area contributed by atoms with Gasteiger partial charge in [0.15, 0.2) is 30.0 Å². The molecule has 12 rings (SSSR count). The first-order chi connectivity index (χ1) is 41.2. The Hall–Kier alpha value is -6.01. The van der Waals surface area contributed by atoms with Crippen LogP contribution in [0.3, 0.4) is 0 Å². The fourth-order valence-corrected chi connectivity index (χ4v) is 24.3. The second kappa shape index (κ2) is 25.1. The van der Waals surface area contributed by atoms with Gasteiger partial charge in [-0.15, -0.1) is 51.8 Å². The molecule has 87 heavy (non-hydrogen) atoms. The van der Waals surface area contributed by atoms with Crippen LogP contribution in [-0.2, 0) is 50.9 Å². The van der Waals surface area contributed by atoms with Crippen molar-refractivity contribution in [1.29, 1.82) is 0 Å². The molecule has 0 aliphatic carbocycles. The monoisotopic (exact) mass is 1320 g/mol. The number of amidine groups is 3. The molecule has 456 valence electrons. The number of aliphatic imine (C=N–C) groups is 3. The van der Waals surface area contributed by atoms with Crippen LogP contribution in [0.15, 0.2) is 105 Å². The highest BCUT2D eigenvalue weighted by molar-refractivity contribution is 8.15. The van der Waals surface area contributed by atoms with Crippen LogP contribution in [0.1, 0.15) is 131 Å². The predicted octanol–water partition coefficient (Wildman–Crippen LogP) is 10.7. The van der Waals surface area contributed by atoms with E-state index in [4.69, 9.17) is 31.9 Å². The van der Waals surface area contributed by atoms with Crippen molar-refractivity contribution in [3.8, 4) is 68.9 Å². The van der Waals surface area contributed by atoms with Crippen molar-refractivity contribution in [3.63, 3.8) is 0 Å². The second-order valence-corrected chi connectivity index (χ2v) is 36.2. The van der Waals surface area contributed by atoms with E-state index in [2.05, 4.69) is 104 Å². The molecule has 0 saturated carbocycles. The first-order valence-corrected chi connectivity index (χ1v) is 38.1. The van der Waals surface area contributed by atoms with Crippen molar-refractivity contribution < 1.29 is 30.0 Å². The van der Waals surface area contributed by atoms with Gasteiger partial charge in [0.25, 0.3) is 6.02 Å². The van der Waals surface area contributed by atoms with Crippen LogP contribution in [0.2, 0.25) is 0 Å². The molecule has 3 saturated heterocycles. The molecule has 0 aromatic carbocycles. The van der Waals surface area contributed by atoms with E-state index in [1.54, 1.807) is 78.2 Å². The highest BCUT2D eigenvalue weighted by atomic mass is 32.2. The molecule has 0 bridgehead atoms. The van der Waals surface area contributed by atoms with Gasteiger partial charge in [0.2, 0.25) is 0 Å². The van der Waals surface area contributed by atoms with Crippen molar-refractivity contribution >= 4 is 103 Å². The molecule has 6 aliphatic rings. The lowest BCUT2D eigenvalue weighted by Crippen LogP contribution is -2.51. The summed E-state index contributed by atoms with van der Waals surface area (Å²) in [6, 6.07) is 12.6. The summed E-state index contributed by atoms with van der Waals surface area (Å²) >= 11 is 7.92. The fourth-order valence-electron chi connectivity index (χ4n) is 12.5. The minimum atomic E-state index is -3.04. The molecule has 16 nitrogen and oxygen atoms in total. The number of aromatic nitrogens is 3. The van der Waals surface area contributed by atoms with Crippen LogP contribution in [-0.4, -0.2) is 106 Å². The van der Waals surface area contributed by atoms with E-state index in [1.165, 1.54) is 11.8 Å². The van der Waals surface area contributed by atoms with Crippen LogP contribution in [0.25, 0.3) is 33.4 Å². The second-order valence-electron chi connectivity index (χ2n) is 23.7. The van der Waals surface area contributed by atoms with Crippen LogP contribution < -0.4 is 17.2 Å². The molecule has 6 aromatic rings. The molecule has 4 atom stereocenters. The van der Waals surface area contributed by atoms with Gasteiger partial charge < -0.3 is 21.9 Å². The molecule has 3 fully saturated rings. The Morgan fingerprint density at radius 1 is 0.460 bits per heavy atom. The first-order valence-electron chi connectivity index (χ1n) is 28.3. The van der Waals surface area contributed by atoms with E-state index < -0.39 is 51.7 Å². The van der Waals surface area contributed by atoms with Crippen LogP contribution in [0, 0.1) is 35.5 Å². The Kier molecular flexibility index (Phi) is 18.5. The minimum absolute atomic E-state index is 0.128. The summed E-state index contributed by atoms with van der Waals surface area (Å²) < 4.78 is 77.7. The Morgan fingerprint density at radius 2 is 0.851 bits per heavy atom. The van der Waals surface area contributed by atoms with Crippen molar-refractivity contribution in [2.75, 3.05) is 34.5 Å². The highest BCUT2D eigenvalue weighted by Gasteiger charge is 2.52. The summed E-state index contributed by atoms with van der Waals surface area (Å²) in [5, 5.41) is 7.33. The van der Waals surface area contributed by atoms with Gasteiger partial charge in [-0.1, -0.05) is 41.3 Å². The lowest BCUT2D eigenvalue weighted by molar-refractivity contribution is -0.00272. The summed E-state index contributed by atoms with van der Waals surface area (Å²) in [6.45, 7) is 11.6. The fraction of sp³-hybridized carbons (Fsp3) is 0.429. The topological polar surface area (TPSA) is 265 Å². The van der Waals surface area contributed by atoms with E-state index in [0.29, 0.717) is 55.3 Å². The zero-order valence-electron chi connectivity index (χ0n) is 49.3. The summed E-state index contributed by atoms with van der Waals surface area (Å²) in [4.78, 5) is 30.4. The molecule has 12 heterocycles. The maximum atomic E-state index is 12.3. The number of ether oxygens (including phenoxy) is 1. The summed E-state index contributed by atoms with van der Waals surface area (Å²) in [5.74, 6) is 19.0. The van der Waals surface area contributed by atoms with E-state index in [9.17, 15) is 25.3 Å². The number of pyridine rings is 3. The number of hydrogen-bond acceptors (Lipinski definition) is 21. The maximum absolute atomic E-state index is 12.3. The third-order valence-electron chi connectivity index (χ3n) is 16.5. The van der Waals surface area contributed by atoms with Gasteiger partial charge >= 0.3 is 0 Å². The Morgan fingerprint density at radius 3 is 1.26 bits per heavy atom. The number of hydrogen-bond donors (Lipinski definition) is 3. The molecular formula is C63H69N9O7S8. The van der Waals surface area contributed by atoms with Gasteiger partial charge in [0, 0.05) is 114 Å². The quantitative estimate of drug-likeness (QED) is 0.131. The Bertz CT molecular complexity index is 4080. The molecule has 6 aromatic heterocycles. The molecule has 6 N–H and O–H groups in total. The third-order valence-corrected chi connectivity index (χ3v) is 27.9. The average molecular weight is 1320 g/mol. The number of thiophene rings is 3. The van der Waals surface area contributed by atoms with Crippen molar-refractivity contribution in [2.45, 2.75) is 131 Å².